The Bertz CT molecular complexity index is 1040. The molecule has 5 nitrogen and oxygen atoms in total. The standard InChI is InChI=1S/C20H17ClN4OS/c21-16-7-1-3-9-18(16)26-13-12-25-11-5-6-15(25)14-22-24-20-23-17-8-2-4-10-19(17)27-20/h1-11,14H,12-13H2,(H,23,24)/b22-14+. The van der Waals surface area contributed by atoms with Crippen molar-refractivity contribution in [2.45, 2.75) is 6.54 Å². The van der Waals surface area contributed by atoms with Crippen molar-refractivity contribution >= 4 is 44.5 Å². The second-order valence-electron chi connectivity index (χ2n) is 5.76. The van der Waals surface area contributed by atoms with E-state index < -0.39 is 0 Å². The van der Waals surface area contributed by atoms with E-state index in [0.717, 1.165) is 21.0 Å². The smallest absolute Gasteiger partial charge is 0.204 e. The molecule has 4 aromatic rings. The molecule has 1 N–H and O–H groups in total. The quantitative estimate of drug-likeness (QED) is 0.341. The molecule has 0 aliphatic carbocycles. The Hall–Kier alpha value is -2.83. The van der Waals surface area contributed by atoms with Crippen LogP contribution in [0.4, 0.5) is 5.13 Å². The van der Waals surface area contributed by atoms with E-state index in [-0.39, 0.29) is 0 Å². The minimum Gasteiger partial charge on any atom is -0.490 e. The lowest BCUT2D eigenvalue weighted by Gasteiger charge is -2.09. The summed E-state index contributed by atoms with van der Waals surface area (Å²) in [4.78, 5) is 4.50. The molecule has 0 unspecified atom stereocenters. The number of benzene rings is 2. The van der Waals surface area contributed by atoms with Crippen LogP contribution in [0.5, 0.6) is 5.75 Å². The van der Waals surface area contributed by atoms with Gasteiger partial charge in [0.1, 0.15) is 12.4 Å². The lowest BCUT2D eigenvalue weighted by atomic mass is 10.3. The zero-order valence-corrected chi connectivity index (χ0v) is 16.0. The first-order valence-electron chi connectivity index (χ1n) is 8.47. The number of hydrazone groups is 1. The Kier molecular flexibility index (Phi) is 5.37. The molecule has 0 radical (unpaired) electrons. The maximum Gasteiger partial charge on any atom is 0.204 e. The monoisotopic (exact) mass is 396 g/mol. The van der Waals surface area contributed by atoms with E-state index in [1.807, 2.05) is 66.9 Å². The predicted molar refractivity (Wildman–Crippen MR) is 112 cm³/mol. The summed E-state index contributed by atoms with van der Waals surface area (Å²) in [6.07, 6.45) is 3.77. The van der Waals surface area contributed by atoms with E-state index in [1.54, 1.807) is 17.6 Å². The highest BCUT2D eigenvalue weighted by Crippen LogP contribution is 2.25. The molecule has 0 aliphatic rings. The molecule has 0 aliphatic heterocycles. The number of halogens is 1. The maximum absolute atomic E-state index is 6.11. The van der Waals surface area contributed by atoms with E-state index in [1.165, 1.54) is 0 Å². The number of rotatable bonds is 7. The summed E-state index contributed by atoms with van der Waals surface area (Å²) < 4.78 is 8.96. The van der Waals surface area contributed by atoms with Crippen LogP contribution in [0.3, 0.4) is 0 Å². The minimum atomic E-state index is 0.518. The van der Waals surface area contributed by atoms with E-state index in [9.17, 15) is 0 Å². The number of nitrogens with one attached hydrogen (secondary N) is 1. The van der Waals surface area contributed by atoms with Gasteiger partial charge in [0.2, 0.25) is 5.13 Å². The maximum atomic E-state index is 6.11. The lowest BCUT2D eigenvalue weighted by Crippen LogP contribution is -2.10. The molecule has 2 aromatic carbocycles. The normalized spacial score (nSPS) is 11.3. The molecule has 0 bridgehead atoms. The molecular weight excluding hydrogens is 380 g/mol. The van der Waals surface area contributed by atoms with Gasteiger partial charge in [-0.05, 0) is 36.4 Å². The first-order valence-corrected chi connectivity index (χ1v) is 9.66. The number of nitrogens with zero attached hydrogens (tertiary/aromatic N) is 3. The summed E-state index contributed by atoms with van der Waals surface area (Å²) in [6, 6.07) is 19.5. The Labute approximate surface area is 165 Å². The average Bonchev–Trinajstić information content (AvgIpc) is 3.30. The molecule has 27 heavy (non-hydrogen) atoms. The van der Waals surface area contributed by atoms with Crippen LogP contribution in [0.2, 0.25) is 5.02 Å². The SMILES string of the molecule is Clc1ccccc1OCCn1cccc1/C=N/Nc1nc2ccccc2s1. The predicted octanol–water partition coefficient (Wildman–Crippen LogP) is 5.28. The highest BCUT2D eigenvalue weighted by molar-refractivity contribution is 7.22. The van der Waals surface area contributed by atoms with Gasteiger partial charge in [-0.3, -0.25) is 5.43 Å². The summed E-state index contributed by atoms with van der Waals surface area (Å²) in [5.41, 5.74) is 4.95. The third kappa shape index (κ3) is 4.30. The van der Waals surface area contributed by atoms with Crippen molar-refractivity contribution in [1.82, 2.24) is 9.55 Å². The highest BCUT2D eigenvalue weighted by atomic mass is 35.5. The number of thiazole rings is 1. The zero-order valence-electron chi connectivity index (χ0n) is 14.4. The van der Waals surface area contributed by atoms with Crippen molar-refractivity contribution in [3.63, 3.8) is 0 Å². The largest absolute Gasteiger partial charge is 0.490 e. The number of hydrogen-bond acceptors (Lipinski definition) is 5. The van der Waals surface area contributed by atoms with E-state index in [4.69, 9.17) is 16.3 Å². The van der Waals surface area contributed by atoms with Crippen LogP contribution >= 0.6 is 22.9 Å². The fourth-order valence-electron chi connectivity index (χ4n) is 2.64. The van der Waals surface area contributed by atoms with Crippen LogP contribution in [-0.4, -0.2) is 22.4 Å². The number of ether oxygens (including phenoxy) is 1. The molecular formula is C20H17ClN4OS. The van der Waals surface area contributed by atoms with Gasteiger partial charge in [-0.15, -0.1) is 0 Å². The van der Waals surface area contributed by atoms with Gasteiger partial charge in [0, 0.05) is 6.20 Å². The molecule has 136 valence electrons. The van der Waals surface area contributed by atoms with Gasteiger partial charge in [0.25, 0.3) is 0 Å². The van der Waals surface area contributed by atoms with Gasteiger partial charge in [-0.25, -0.2) is 4.98 Å². The molecule has 0 fully saturated rings. The van der Waals surface area contributed by atoms with Crippen molar-refractivity contribution in [3.8, 4) is 5.75 Å². The number of hydrogen-bond donors (Lipinski definition) is 1. The van der Waals surface area contributed by atoms with Crippen LogP contribution in [0, 0.1) is 0 Å². The molecule has 2 aromatic heterocycles. The van der Waals surface area contributed by atoms with Crippen molar-refractivity contribution in [3.05, 3.63) is 77.6 Å². The topological polar surface area (TPSA) is 51.4 Å². The van der Waals surface area contributed by atoms with Gasteiger partial charge in [-0.2, -0.15) is 5.10 Å². The molecule has 0 atom stereocenters. The van der Waals surface area contributed by atoms with Crippen LogP contribution < -0.4 is 10.2 Å². The third-order valence-corrected chi connectivity index (χ3v) is 5.20. The fraction of sp³-hybridized carbons (Fsp3) is 0.100. The fourth-order valence-corrected chi connectivity index (χ4v) is 3.64. The van der Waals surface area contributed by atoms with Crippen LogP contribution in [0.25, 0.3) is 10.2 Å². The Morgan fingerprint density at radius 1 is 1.11 bits per heavy atom. The summed E-state index contributed by atoms with van der Waals surface area (Å²) in [5.74, 6) is 0.694. The van der Waals surface area contributed by atoms with Crippen molar-refractivity contribution in [2.75, 3.05) is 12.0 Å². The summed E-state index contributed by atoms with van der Waals surface area (Å²) in [5, 5.41) is 5.70. The van der Waals surface area contributed by atoms with Gasteiger partial charge in [0.05, 0.1) is 33.7 Å². The summed E-state index contributed by atoms with van der Waals surface area (Å²) >= 11 is 7.68. The number of anilines is 1. The van der Waals surface area contributed by atoms with Crippen molar-refractivity contribution in [1.29, 1.82) is 0 Å². The van der Waals surface area contributed by atoms with Gasteiger partial charge < -0.3 is 9.30 Å². The number of fused-ring (bicyclic) bond motifs is 1. The Balaban J connectivity index is 1.35. The minimum absolute atomic E-state index is 0.518. The van der Waals surface area contributed by atoms with Crippen molar-refractivity contribution < 1.29 is 4.74 Å². The van der Waals surface area contributed by atoms with Gasteiger partial charge in [-0.1, -0.05) is 47.2 Å². The van der Waals surface area contributed by atoms with Gasteiger partial charge in [0.15, 0.2) is 0 Å². The molecule has 2 heterocycles. The average molecular weight is 397 g/mol. The molecule has 0 saturated carbocycles. The zero-order chi connectivity index (χ0) is 18.5. The van der Waals surface area contributed by atoms with Crippen LogP contribution in [0.1, 0.15) is 5.69 Å². The lowest BCUT2D eigenvalue weighted by molar-refractivity contribution is 0.298. The highest BCUT2D eigenvalue weighted by Gasteiger charge is 2.03. The van der Waals surface area contributed by atoms with Gasteiger partial charge >= 0.3 is 0 Å². The van der Waals surface area contributed by atoms with Crippen LogP contribution in [-0.2, 0) is 6.54 Å². The second-order valence-corrected chi connectivity index (χ2v) is 7.20. The summed E-state index contributed by atoms with van der Waals surface area (Å²) in [7, 11) is 0. The first-order chi connectivity index (χ1) is 13.3. The molecule has 0 amide bonds. The first kappa shape index (κ1) is 17.6. The molecule has 0 saturated heterocycles. The molecule has 4 rings (SSSR count). The molecule has 0 spiro atoms. The van der Waals surface area contributed by atoms with E-state index in [2.05, 4.69) is 20.1 Å². The van der Waals surface area contributed by atoms with E-state index in [0.29, 0.717) is 23.9 Å². The Morgan fingerprint density at radius 3 is 2.85 bits per heavy atom. The number of para-hydroxylation sites is 2. The third-order valence-electron chi connectivity index (χ3n) is 3.94. The molecule has 7 heteroatoms. The Morgan fingerprint density at radius 2 is 1.96 bits per heavy atom. The van der Waals surface area contributed by atoms with E-state index >= 15 is 0 Å². The number of aromatic nitrogens is 2. The van der Waals surface area contributed by atoms with Crippen LogP contribution in [0.15, 0.2) is 72.0 Å². The second kappa shape index (κ2) is 8.24. The van der Waals surface area contributed by atoms with Crippen molar-refractivity contribution in [2.24, 2.45) is 5.10 Å². The summed E-state index contributed by atoms with van der Waals surface area (Å²) in [6.45, 7) is 1.21.